The normalized spacial score (nSPS) is 16.0. The van der Waals surface area contributed by atoms with E-state index in [9.17, 15) is 0 Å². The predicted molar refractivity (Wildman–Crippen MR) is 133 cm³/mol. The van der Waals surface area contributed by atoms with Crippen LogP contribution in [-0.2, 0) is 0 Å². The Kier molecular flexibility index (Phi) is 3.20. The van der Waals surface area contributed by atoms with Crippen molar-refractivity contribution in [3.05, 3.63) is 78.4 Å². The molecule has 0 atom stereocenters. The third kappa shape index (κ3) is 2.09. The smallest absolute Gasteiger partial charge is 0.220 e. The van der Waals surface area contributed by atoms with E-state index in [0.29, 0.717) is 5.92 Å². The summed E-state index contributed by atoms with van der Waals surface area (Å²) < 4.78 is 4.79. The Hall–Kier alpha value is -3.59. The molecule has 8 rings (SSSR count). The first-order chi connectivity index (χ1) is 15.9. The first-order valence-corrected chi connectivity index (χ1v) is 11.9. The molecule has 0 amide bonds. The van der Waals surface area contributed by atoms with Crippen molar-refractivity contribution in [2.24, 2.45) is 0 Å². The molecule has 154 valence electrons. The van der Waals surface area contributed by atoms with Crippen LogP contribution < -0.4 is 0 Å². The molecule has 1 fully saturated rings. The van der Waals surface area contributed by atoms with Crippen LogP contribution in [0.3, 0.4) is 0 Å². The Morgan fingerprint density at radius 3 is 2.31 bits per heavy atom. The fraction of sp³-hybridized carbons (Fsp3) is 0.207. The standard InChI is InChI=1S/C29H23N3/c1-2-8-18(9-3-1)21-15-23-22-14-19-10-4-5-11-20(19)16-26(22)32-28(23)27(17-21)31-25-13-7-6-12-24(25)30-29(31)32/h4-7,10-18H,1-3,8-9H2. The van der Waals surface area contributed by atoms with Crippen molar-refractivity contribution in [1.29, 1.82) is 0 Å². The number of fused-ring (bicyclic) bond motifs is 9. The molecule has 4 aromatic carbocycles. The van der Waals surface area contributed by atoms with Crippen molar-refractivity contribution in [2.45, 2.75) is 38.0 Å². The van der Waals surface area contributed by atoms with E-state index in [-0.39, 0.29) is 0 Å². The highest BCUT2D eigenvalue weighted by atomic mass is 15.2. The maximum Gasteiger partial charge on any atom is 0.220 e. The van der Waals surface area contributed by atoms with E-state index in [2.05, 4.69) is 81.6 Å². The molecule has 7 aromatic rings. The number of rotatable bonds is 1. The van der Waals surface area contributed by atoms with E-state index in [1.54, 1.807) is 0 Å². The van der Waals surface area contributed by atoms with E-state index in [1.807, 2.05) is 0 Å². The van der Waals surface area contributed by atoms with E-state index >= 15 is 0 Å². The molecule has 0 aliphatic heterocycles. The lowest BCUT2D eigenvalue weighted by molar-refractivity contribution is 0.444. The Labute approximate surface area is 185 Å². The van der Waals surface area contributed by atoms with Crippen LogP contribution in [0.5, 0.6) is 0 Å². The zero-order valence-electron chi connectivity index (χ0n) is 17.9. The minimum Gasteiger partial charge on any atom is -0.277 e. The van der Waals surface area contributed by atoms with Gasteiger partial charge in [0.1, 0.15) is 0 Å². The highest BCUT2D eigenvalue weighted by molar-refractivity contribution is 6.18. The number of imidazole rings is 2. The fourth-order valence-corrected chi connectivity index (χ4v) is 6.28. The number of aromatic nitrogens is 3. The third-order valence-corrected chi connectivity index (χ3v) is 7.79. The van der Waals surface area contributed by atoms with E-state index in [1.165, 1.54) is 81.3 Å². The lowest BCUT2D eigenvalue weighted by Crippen LogP contribution is -2.04. The number of para-hydroxylation sites is 2. The molecule has 0 unspecified atom stereocenters. The Morgan fingerprint density at radius 2 is 1.44 bits per heavy atom. The van der Waals surface area contributed by atoms with Gasteiger partial charge in [0.2, 0.25) is 5.78 Å². The Bertz CT molecular complexity index is 1810. The molecule has 1 aliphatic rings. The highest BCUT2D eigenvalue weighted by Crippen LogP contribution is 2.42. The molecule has 3 nitrogen and oxygen atoms in total. The van der Waals surface area contributed by atoms with Gasteiger partial charge in [-0.3, -0.25) is 8.80 Å². The van der Waals surface area contributed by atoms with Gasteiger partial charge >= 0.3 is 0 Å². The number of benzene rings is 4. The molecular weight excluding hydrogens is 390 g/mol. The molecule has 32 heavy (non-hydrogen) atoms. The third-order valence-electron chi connectivity index (χ3n) is 7.79. The largest absolute Gasteiger partial charge is 0.277 e. The number of nitrogens with zero attached hydrogens (tertiary/aromatic N) is 3. The molecule has 0 spiro atoms. The van der Waals surface area contributed by atoms with Crippen LogP contribution in [0.15, 0.2) is 72.8 Å². The quantitative estimate of drug-likeness (QED) is 0.270. The second kappa shape index (κ2) is 6.01. The lowest BCUT2D eigenvalue weighted by Gasteiger charge is -2.22. The predicted octanol–water partition coefficient (Wildman–Crippen LogP) is 7.69. The van der Waals surface area contributed by atoms with Crippen molar-refractivity contribution < 1.29 is 0 Å². The average molecular weight is 414 g/mol. The molecule has 0 saturated heterocycles. The van der Waals surface area contributed by atoms with Crippen LogP contribution in [-0.4, -0.2) is 13.8 Å². The first-order valence-electron chi connectivity index (χ1n) is 11.9. The van der Waals surface area contributed by atoms with Crippen LogP contribution in [0.2, 0.25) is 0 Å². The summed E-state index contributed by atoms with van der Waals surface area (Å²) in [5.74, 6) is 1.69. The van der Waals surface area contributed by atoms with Gasteiger partial charge in [0.15, 0.2) is 0 Å². The van der Waals surface area contributed by atoms with Gasteiger partial charge in [-0.05, 0) is 71.5 Å². The second-order valence-corrected chi connectivity index (χ2v) is 9.56. The monoisotopic (exact) mass is 413 g/mol. The maximum absolute atomic E-state index is 5.10. The zero-order chi connectivity index (χ0) is 20.8. The highest BCUT2D eigenvalue weighted by Gasteiger charge is 2.24. The van der Waals surface area contributed by atoms with Crippen LogP contribution >= 0.6 is 0 Å². The fourth-order valence-electron chi connectivity index (χ4n) is 6.28. The van der Waals surface area contributed by atoms with Gasteiger partial charge in [-0.15, -0.1) is 0 Å². The maximum atomic E-state index is 5.10. The average Bonchev–Trinajstić information content (AvgIpc) is 3.48. The molecule has 3 aromatic heterocycles. The summed E-state index contributed by atoms with van der Waals surface area (Å²) >= 11 is 0. The van der Waals surface area contributed by atoms with Crippen molar-refractivity contribution >= 4 is 54.9 Å². The topological polar surface area (TPSA) is 21.7 Å². The molecule has 0 bridgehead atoms. The minimum atomic E-state index is 0.669. The van der Waals surface area contributed by atoms with Crippen LogP contribution in [0, 0.1) is 0 Å². The minimum absolute atomic E-state index is 0.669. The molecule has 0 N–H and O–H groups in total. The van der Waals surface area contributed by atoms with E-state index in [4.69, 9.17) is 4.98 Å². The van der Waals surface area contributed by atoms with Gasteiger partial charge in [-0.1, -0.05) is 55.7 Å². The first kappa shape index (κ1) is 17.0. The lowest BCUT2D eigenvalue weighted by atomic mass is 9.83. The van der Waals surface area contributed by atoms with Gasteiger partial charge in [-0.25, -0.2) is 4.98 Å². The number of hydrogen-bond acceptors (Lipinski definition) is 1. The van der Waals surface area contributed by atoms with Crippen LogP contribution in [0.1, 0.15) is 43.6 Å². The van der Waals surface area contributed by atoms with Gasteiger partial charge in [0.05, 0.1) is 27.6 Å². The van der Waals surface area contributed by atoms with Crippen LogP contribution in [0.25, 0.3) is 54.9 Å². The van der Waals surface area contributed by atoms with Gasteiger partial charge in [0.25, 0.3) is 0 Å². The Balaban J connectivity index is 1.62. The molecule has 0 radical (unpaired) electrons. The number of hydrogen-bond donors (Lipinski definition) is 0. The molecule has 1 aliphatic carbocycles. The summed E-state index contributed by atoms with van der Waals surface area (Å²) in [6, 6.07) is 26.9. The molecule has 3 heterocycles. The SMILES string of the molecule is c1ccc2cc3c(cc2c1)c1cc(C2CCCCC2)cc2c1n3c1nc3ccccc3n21. The van der Waals surface area contributed by atoms with Gasteiger partial charge in [-0.2, -0.15) is 0 Å². The molecule has 3 heteroatoms. The van der Waals surface area contributed by atoms with Gasteiger partial charge < -0.3 is 0 Å². The molecule has 1 saturated carbocycles. The van der Waals surface area contributed by atoms with Crippen molar-refractivity contribution in [2.75, 3.05) is 0 Å². The molecular formula is C29H23N3. The second-order valence-electron chi connectivity index (χ2n) is 9.56. The van der Waals surface area contributed by atoms with Crippen molar-refractivity contribution in [3.8, 4) is 0 Å². The zero-order valence-corrected chi connectivity index (χ0v) is 17.9. The summed E-state index contributed by atoms with van der Waals surface area (Å²) in [6.45, 7) is 0. The van der Waals surface area contributed by atoms with Crippen molar-refractivity contribution in [1.82, 2.24) is 13.8 Å². The Morgan fingerprint density at radius 1 is 0.656 bits per heavy atom. The van der Waals surface area contributed by atoms with E-state index < -0.39 is 0 Å². The summed E-state index contributed by atoms with van der Waals surface area (Å²) in [7, 11) is 0. The summed E-state index contributed by atoms with van der Waals surface area (Å²) in [6.07, 6.45) is 6.70. The van der Waals surface area contributed by atoms with Crippen LogP contribution in [0.4, 0.5) is 0 Å². The van der Waals surface area contributed by atoms with E-state index in [0.717, 1.165) is 11.3 Å². The van der Waals surface area contributed by atoms with Gasteiger partial charge in [0, 0.05) is 10.8 Å². The summed E-state index contributed by atoms with van der Waals surface area (Å²) in [5, 5.41) is 5.30. The van der Waals surface area contributed by atoms with Crippen molar-refractivity contribution in [3.63, 3.8) is 0 Å². The summed E-state index contributed by atoms with van der Waals surface area (Å²) in [5.41, 5.74) is 7.63. The summed E-state index contributed by atoms with van der Waals surface area (Å²) in [4.78, 5) is 5.10.